The summed E-state index contributed by atoms with van der Waals surface area (Å²) in [6, 6.07) is 0.653. The molecule has 4 heteroatoms. The summed E-state index contributed by atoms with van der Waals surface area (Å²) in [7, 11) is 4.07. The van der Waals surface area contributed by atoms with E-state index in [-0.39, 0.29) is 5.54 Å². The summed E-state index contributed by atoms with van der Waals surface area (Å²) in [5.41, 5.74) is 9.51. The minimum atomic E-state index is 0.120. The van der Waals surface area contributed by atoms with E-state index in [1.54, 1.807) is 0 Å². The van der Waals surface area contributed by atoms with Crippen molar-refractivity contribution >= 4 is 0 Å². The molecule has 0 atom stereocenters. The Bertz CT molecular complexity index is 183. The van der Waals surface area contributed by atoms with Crippen LogP contribution >= 0.6 is 0 Å². The van der Waals surface area contributed by atoms with Crippen molar-refractivity contribution in [1.82, 2.24) is 15.3 Å². The minimum Gasteiger partial charge on any atom is -0.329 e. The molecule has 0 aromatic carbocycles. The summed E-state index contributed by atoms with van der Waals surface area (Å²) < 4.78 is 0. The van der Waals surface area contributed by atoms with Gasteiger partial charge in [-0.1, -0.05) is 0 Å². The Hall–Kier alpha value is -0.160. The molecule has 0 spiro atoms. The minimum absolute atomic E-state index is 0.120. The Labute approximate surface area is 93.8 Å². The van der Waals surface area contributed by atoms with Gasteiger partial charge in [0.1, 0.15) is 0 Å². The molecule has 0 radical (unpaired) electrons. The van der Waals surface area contributed by atoms with E-state index in [2.05, 4.69) is 24.2 Å². The zero-order chi connectivity index (χ0) is 11.5. The Morgan fingerprint density at radius 2 is 1.87 bits per heavy atom. The van der Waals surface area contributed by atoms with Crippen LogP contribution in [0.4, 0.5) is 0 Å². The molecule has 0 aromatic rings. The van der Waals surface area contributed by atoms with Gasteiger partial charge in [-0.2, -0.15) is 0 Å². The molecule has 15 heavy (non-hydrogen) atoms. The Morgan fingerprint density at radius 3 is 2.20 bits per heavy atom. The highest BCUT2D eigenvalue weighted by Gasteiger charge is 2.34. The van der Waals surface area contributed by atoms with E-state index in [9.17, 15) is 0 Å². The van der Waals surface area contributed by atoms with Gasteiger partial charge in [0.05, 0.1) is 0 Å². The normalized spacial score (nSPS) is 22.6. The monoisotopic (exact) mass is 214 g/mol. The van der Waals surface area contributed by atoms with E-state index in [0.29, 0.717) is 6.04 Å². The number of nitrogens with one attached hydrogen (secondary N) is 1. The molecule has 1 aliphatic heterocycles. The molecule has 0 aliphatic carbocycles. The fraction of sp³-hybridized carbons (Fsp3) is 1.00. The van der Waals surface area contributed by atoms with E-state index in [1.165, 1.54) is 0 Å². The Kier molecular flexibility index (Phi) is 4.52. The molecule has 0 amide bonds. The van der Waals surface area contributed by atoms with Crippen molar-refractivity contribution in [1.29, 1.82) is 0 Å². The van der Waals surface area contributed by atoms with Crippen LogP contribution in [0.5, 0.6) is 0 Å². The van der Waals surface area contributed by atoms with Gasteiger partial charge in [0.2, 0.25) is 0 Å². The van der Waals surface area contributed by atoms with E-state index in [1.807, 2.05) is 19.1 Å². The number of hydrazine groups is 1. The van der Waals surface area contributed by atoms with Gasteiger partial charge in [0.25, 0.3) is 0 Å². The van der Waals surface area contributed by atoms with Crippen molar-refractivity contribution in [2.45, 2.75) is 38.3 Å². The van der Waals surface area contributed by atoms with Crippen molar-refractivity contribution in [3.63, 3.8) is 0 Å². The van der Waals surface area contributed by atoms with Gasteiger partial charge in [0, 0.05) is 45.3 Å². The molecule has 0 aromatic heterocycles. The Balaban J connectivity index is 2.50. The average Bonchev–Trinajstić information content (AvgIpc) is 2.17. The molecule has 1 fully saturated rings. The Morgan fingerprint density at radius 1 is 1.33 bits per heavy atom. The molecule has 0 saturated carbocycles. The van der Waals surface area contributed by atoms with Gasteiger partial charge >= 0.3 is 0 Å². The van der Waals surface area contributed by atoms with Gasteiger partial charge in [-0.05, 0) is 26.7 Å². The van der Waals surface area contributed by atoms with E-state index >= 15 is 0 Å². The topological polar surface area (TPSA) is 44.5 Å². The third-order valence-electron chi connectivity index (χ3n) is 3.34. The van der Waals surface area contributed by atoms with Crippen molar-refractivity contribution in [2.24, 2.45) is 5.73 Å². The third kappa shape index (κ3) is 3.41. The highest BCUT2D eigenvalue weighted by atomic mass is 15.5. The molecule has 3 N–H and O–H groups in total. The molecule has 4 nitrogen and oxygen atoms in total. The zero-order valence-electron chi connectivity index (χ0n) is 10.6. The third-order valence-corrected chi connectivity index (χ3v) is 3.34. The molecular weight excluding hydrogens is 188 g/mol. The van der Waals surface area contributed by atoms with Crippen LogP contribution in [0, 0.1) is 0 Å². The van der Waals surface area contributed by atoms with Crippen LogP contribution in [0.1, 0.15) is 26.7 Å². The van der Waals surface area contributed by atoms with Crippen molar-refractivity contribution in [3.8, 4) is 0 Å². The summed E-state index contributed by atoms with van der Waals surface area (Å²) in [5.74, 6) is 0. The SMILES string of the molecule is CC(C)N1CCC(CN)(NN(C)C)CC1. The molecule has 1 aliphatic rings. The second kappa shape index (κ2) is 5.25. The number of rotatable bonds is 4. The zero-order valence-corrected chi connectivity index (χ0v) is 10.6. The highest BCUT2D eigenvalue weighted by molar-refractivity contribution is 4.93. The first-order chi connectivity index (χ1) is 6.99. The first kappa shape index (κ1) is 12.9. The maximum absolute atomic E-state index is 5.90. The summed E-state index contributed by atoms with van der Waals surface area (Å²) in [6.45, 7) is 7.53. The lowest BCUT2D eigenvalue weighted by atomic mass is 9.88. The maximum atomic E-state index is 5.90. The van der Waals surface area contributed by atoms with Crippen molar-refractivity contribution in [2.75, 3.05) is 33.7 Å². The number of hydrogen-bond acceptors (Lipinski definition) is 4. The quantitative estimate of drug-likeness (QED) is 0.659. The van der Waals surface area contributed by atoms with Gasteiger partial charge in [-0.25, -0.2) is 5.43 Å². The van der Waals surface area contributed by atoms with Crippen LogP contribution in [0.3, 0.4) is 0 Å². The predicted molar refractivity (Wildman–Crippen MR) is 64.6 cm³/mol. The lowest BCUT2D eigenvalue weighted by molar-refractivity contribution is 0.0672. The molecule has 1 rings (SSSR count). The smallest absolute Gasteiger partial charge is 0.0472 e. The number of nitrogens with zero attached hydrogens (tertiary/aromatic N) is 2. The average molecular weight is 214 g/mol. The van der Waals surface area contributed by atoms with Crippen LogP contribution in [-0.2, 0) is 0 Å². The fourth-order valence-corrected chi connectivity index (χ4v) is 2.30. The summed E-state index contributed by atoms with van der Waals surface area (Å²) >= 11 is 0. The van der Waals surface area contributed by atoms with Crippen LogP contribution in [0.15, 0.2) is 0 Å². The maximum Gasteiger partial charge on any atom is 0.0472 e. The van der Waals surface area contributed by atoms with Crippen LogP contribution in [0.25, 0.3) is 0 Å². The van der Waals surface area contributed by atoms with E-state index in [4.69, 9.17) is 5.73 Å². The molecule has 90 valence electrons. The van der Waals surface area contributed by atoms with Crippen molar-refractivity contribution in [3.05, 3.63) is 0 Å². The largest absolute Gasteiger partial charge is 0.329 e. The molecule has 1 heterocycles. The molecular formula is C11H26N4. The van der Waals surface area contributed by atoms with Gasteiger partial charge in [-0.3, -0.25) is 5.01 Å². The van der Waals surface area contributed by atoms with Crippen LogP contribution in [0.2, 0.25) is 0 Å². The van der Waals surface area contributed by atoms with Gasteiger partial charge < -0.3 is 10.6 Å². The van der Waals surface area contributed by atoms with Gasteiger partial charge in [0.15, 0.2) is 0 Å². The predicted octanol–water partition coefficient (Wildman–Crippen LogP) is 0.254. The van der Waals surface area contributed by atoms with E-state index in [0.717, 1.165) is 32.5 Å². The lowest BCUT2D eigenvalue weighted by Crippen LogP contribution is -2.61. The molecule has 1 saturated heterocycles. The number of likely N-dealkylation sites (tertiary alicyclic amines) is 1. The van der Waals surface area contributed by atoms with Gasteiger partial charge in [-0.15, -0.1) is 0 Å². The number of nitrogens with two attached hydrogens (primary N) is 1. The molecule has 0 unspecified atom stereocenters. The summed E-state index contributed by atoms with van der Waals surface area (Å²) in [4.78, 5) is 2.52. The summed E-state index contributed by atoms with van der Waals surface area (Å²) in [6.07, 6.45) is 2.28. The standard InChI is InChI=1S/C11H26N4/c1-10(2)15-7-5-11(9-12,6-8-15)13-14(3)4/h10,13H,5-9,12H2,1-4H3. The lowest BCUT2D eigenvalue weighted by Gasteiger charge is -2.44. The number of hydrogen-bond donors (Lipinski definition) is 2. The second-order valence-corrected chi connectivity index (χ2v) is 5.12. The van der Waals surface area contributed by atoms with E-state index < -0.39 is 0 Å². The fourth-order valence-electron chi connectivity index (χ4n) is 2.30. The summed E-state index contributed by atoms with van der Waals surface area (Å²) in [5, 5.41) is 2.03. The highest BCUT2D eigenvalue weighted by Crippen LogP contribution is 2.22. The number of piperidine rings is 1. The molecule has 0 bridgehead atoms. The van der Waals surface area contributed by atoms with Crippen molar-refractivity contribution < 1.29 is 0 Å². The van der Waals surface area contributed by atoms with Crippen LogP contribution in [-0.4, -0.2) is 55.2 Å². The van der Waals surface area contributed by atoms with Crippen LogP contribution < -0.4 is 11.2 Å². The second-order valence-electron chi connectivity index (χ2n) is 5.12. The first-order valence-electron chi connectivity index (χ1n) is 5.88. The first-order valence-corrected chi connectivity index (χ1v) is 5.88.